The number of nitrogens with one attached hydrogen (secondary N) is 1. The van der Waals surface area contributed by atoms with Crippen molar-refractivity contribution in [3.63, 3.8) is 0 Å². The Morgan fingerprint density at radius 1 is 1.47 bits per heavy atom. The third-order valence-corrected chi connectivity index (χ3v) is 3.77. The quantitative estimate of drug-likeness (QED) is 0.495. The zero-order chi connectivity index (χ0) is 13.8. The molecule has 1 heterocycles. The van der Waals surface area contributed by atoms with Gasteiger partial charge in [-0.2, -0.15) is 0 Å². The van der Waals surface area contributed by atoms with Crippen LogP contribution in [-0.4, -0.2) is 4.92 Å². The van der Waals surface area contributed by atoms with Crippen molar-refractivity contribution >= 4 is 28.4 Å². The van der Waals surface area contributed by atoms with Crippen LogP contribution in [0.25, 0.3) is 0 Å². The molecule has 0 spiro atoms. The number of benzene rings is 1. The maximum atomic E-state index is 10.8. The summed E-state index contributed by atoms with van der Waals surface area (Å²) >= 11 is 1.66. The lowest BCUT2D eigenvalue weighted by atomic mass is 10.1. The molecule has 1 aromatic heterocycles. The van der Waals surface area contributed by atoms with Crippen molar-refractivity contribution in [3.05, 3.63) is 50.7 Å². The Kier molecular flexibility index (Phi) is 4.01. The van der Waals surface area contributed by atoms with Crippen molar-refractivity contribution in [2.45, 2.75) is 19.4 Å². The fourth-order valence-electron chi connectivity index (χ4n) is 1.89. The third kappa shape index (κ3) is 3.23. The predicted octanol–water partition coefficient (Wildman–Crippen LogP) is 3.80. The molecule has 0 amide bonds. The van der Waals surface area contributed by atoms with Crippen molar-refractivity contribution in [2.24, 2.45) is 0 Å². The zero-order valence-corrected chi connectivity index (χ0v) is 11.3. The van der Waals surface area contributed by atoms with Crippen LogP contribution in [0, 0.1) is 10.1 Å². The summed E-state index contributed by atoms with van der Waals surface area (Å²) in [6.45, 7) is 2.07. The van der Waals surface area contributed by atoms with Gasteiger partial charge in [0.15, 0.2) is 0 Å². The highest BCUT2D eigenvalue weighted by Gasteiger charge is 2.13. The maximum Gasteiger partial charge on any atom is 0.273 e. The van der Waals surface area contributed by atoms with E-state index in [-0.39, 0.29) is 11.7 Å². The summed E-state index contributed by atoms with van der Waals surface area (Å²) in [4.78, 5) is 11.6. The third-order valence-electron chi connectivity index (χ3n) is 2.79. The molecule has 6 heteroatoms. The molecule has 0 bridgehead atoms. The number of thiophene rings is 1. The number of nitrogens with two attached hydrogens (primary N) is 1. The first-order chi connectivity index (χ1) is 9.10. The van der Waals surface area contributed by atoms with Gasteiger partial charge in [-0.25, -0.2) is 0 Å². The number of hydrogen-bond donors (Lipinski definition) is 2. The average Bonchev–Trinajstić information content (AvgIpc) is 2.89. The van der Waals surface area contributed by atoms with Gasteiger partial charge in [0.1, 0.15) is 0 Å². The minimum atomic E-state index is -0.437. The first-order valence-electron chi connectivity index (χ1n) is 5.95. The van der Waals surface area contributed by atoms with Crippen LogP contribution in [0.15, 0.2) is 35.7 Å². The summed E-state index contributed by atoms with van der Waals surface area (Å²) in [5.41, 5.74) is 6.75. The van der Waals surface area contributed by atoms with E-state index in [0.29, 0.717) is 11.4 Å². The number of hydrogen-bond acceptors (Lipinski definition) is 5. The van der Waals surface area contributed by atoms with Crippen LogP contribution in [0.2, 0.25) is 0 Å². The highest BCUT2D eigenvalue weighted by atomic mass is 32.1. The second-order valence-corrected chi connectivity index (χ2v) is 5.17. The lowest BCUT2D eigenvalue weighted by molar-refractivity contribution is -0.384. The minimum Gasteiger partial charge on any atom is -0.398 e. The molecule has 3 N–H and O–H groups in total. The Morgan fingerprint density at radius 2 is 2.26 bits per heavy atom. The normalized spacial score (nSPS) is 12.1. The SMILES string of the molecule is CCC(Nc1cc(N)cc([N+](=O)[O-])c1)c1cccs1. The molecule has 0 aliphatic heterocycles. The molecular weight excluding hydrogens is 262 g/mol. The van der Waals surface area contributed by atoms with E-state index in [1.165, 1.54) is 17.0 Å². The summed E-state index contributed by atoms with van der Waals surface area (Å²) in [7, 11) is 0. The number of nitrogen functional groups attached to an aromatic ring is 1. The van der Waals surface area contributed by atoms with Crippen LogP contribution in [0.5, 0.6) is 0 Å². The topological polar surface area (TPSA) is 81.2 Å². The van der Waals surface area contributed by atoms with E-state index in [1.807, 2.05) is 17.5 Å². The Morgan fingerprint density at radius 3 is 2.84 bits per heavy atom. The Balaban J connectivity index is 2.24. The molecule has 0 saturated heterocycles. The summed E-state index contributed by atoms with van der Waals surface area (Å²) in [5, 5.41) is 16.1. The average molecular weight is 277 g/mol. The van der Waals surface area contributed by atoms with Gasteiger partial charge in [-0.1, -0.05) is 13.0 Å². The fraction of sp³-hybridized carbons (Fsp3) is 0.231. The van der Waals surface area contributed by atoms with Crippen LogP contribution in [0.1, 0.15) is 24.3 Å². The van der Waals surface area contributed by atoms with Gasteiger partial charge in [0, 0.05) is 28.4 Å². The maximum absolute atomic E-state index is 10.8. The number of nitrogens with zero attached hydrogens (tertiary/aromatic N) is 1. The standard InChI is InChI=1S/C13H15N3O2S/c1-2-12(13-4-3-5-19-13)15-10-6-9(14)7-11(8-10)16(17)18/h3-8,12,15H,2,14H2,1H3. The van der Waals surface area contributed by atoms with Crippen LogP contribution >= 0.6 is 11.3 Å². The molecule has 5 nitrogen and oxygen atoms in total. The van der Waals surface area contributed by atoms with E-state index in [4.69, 9.17) is 5.73 Å². The number of non-ortho nitro benzene ring substituents is 1. The lowest BCUT2D eigenvalue weighted by Gasteiger charge is -2.17. The highest BCUT2D eigenvalue weighted by molar-refractivity contribution is 7.10. The smallest absolute Gasteiger partial charge is 0.273 e. The molecule has 0 saturated carbocycles. The summed E-state index contributed by atoms with van der Waals surface area (Å²) in [6, 6.07) is 8.76. The van der Waals surface area contributed by atoms with Gasteiger partial charge in [-0.05, 0) is 23.9 Å². The first-order valence-corrected chi connectivity index (χ1v) is 6.83. The van der Waals surface area contributed by atoms with Crippen LogP contribution < -0.4 is 11.1 Å². The largest absolute Gasteiger partial charge is 0.398 e. The molecule has 1 atom stereocenters. The molecule has 2 rings (SSSR count). The van der Waals surface area contributed by atoms with Crippen molar-refractivity contribution in [3.8, 4) is 0 Å². The number of nitro groups is 1. The molecule has 19 heavy (non-hydrogen) atoms. The lowest BCUT2D eigenvalue weighted by Crippen LogP contribution is -2.08. The summed E-state index contributed by atoms with van der Waals surface area (Å²) in [6.07, 6.45) is 0.892. The molecule has 0 aliphatic carbocycles. The van der Waals surface area contributed by atoms with Gasteiger partial charge >= 0.3 is 0 Å². The van der Waals surface area contributed by atoms with E-state index in [1.54, 1.807) is 17.4 Å². The van der Waals surface area contributed by atoms with Crippen molar-refractivity contribution < 1.29 is 4.92 Å². The Bertz CT molecular complexity index is 569. The van der Waals surface area contributed by atoms with Gasteiger partial charge in [0.2, 0.25) is 0 Å². The molecule has 100 valence electrons. The van der Waals surface area contributed by atoms with E-state index in [0.717, 1.165) is 6.42 Å². The predicted molar refractivity (Wildman–Crippen MR) is 78.5 cm³/mol. The molecular formula is C13H15N3O2S. The first kappa shape index (κ1) is 13.4. The highest BCUT2D eigenvalue weighted by Crippen LogP contribution is 2.29. The van der Waals surface area contributed by atoms with Crippen LogP contribution in [0.3, 0.4) is 0 Å². The number of anilines is 2. The molecule has 1 unspecified atom stereocenters. The van der Waals surface area contributed by atoms with E-state index in [2.05, 4.69) is 12.2 Å². The molecule has 0 aliphatic rings. The monoisotopic (exact) mass is 277 g/mol. The van der Waals surface area contributed by atoms with Gasteiger partial charge in [0.25, 0.3) is 5.69 Å². The minimum absolute atomic E-state index is 0.00327. The van der Waals surface area contributed by atoms with E-state index < -0.39 is 4.92 Å². The molecule has 2 aromatic rings. The van der Waals surface area contributed by atoms with Gasteiger partial charge in [0.05, 0.1) is 11.0 Å². The van der Waals surface area contributed by atoms with Crippen molar-refractivity contribution in [1.29, 1.82) is 0 Å². The van der Waals surface area contributed by atoms with E-state index in [9.17, 15) is 10.1 Å². The Labute approximate surface area is 115 Å². The zero-order valence-electron chi connectivity index (χ0n) is 10.5. The van der Waals surface area contributed by atoms with Gasteiger partial charge < -0.3 is 11.1 Å². The molecule has 0 fully saturated rings. The van der Waals surface area contributed by atoms with Crippen LogP contribution in [-0.2, 0) is 0 Å². The fourth-order valence-corrected chi connectivity index (χ4v) is 2.75. The second-order valence-electron chi connectivity index (χ2n) is 4.19. The van der Waals surface area contributed by atoms with Crippen molar-refractivity contribution in [1.82, 2.24) is 0 Å². The van der Waals surface area contributed by atoms with E-state index >= 15 is 0 Å². The second kappa shape index (κ2) is 5.71. The van der Waals surface area contributed by atoms with Crippen molar-refractivity contribution in [2.75, 3.05) is 11.1 Å². The summed E-state index contributed by atoms with van der Waals surface area (Å²) < 4.78 is 0. The Hall–Kier alpha value is -2.08. The van der Waals surface area contributed by atoms with Crippen LogP contribution in [0.4, 0.5) is 17.1 Å². The van der Waals surface area contributed by atoms with Gasteiger partial charge in [-0.15, -0.1) is 11.3 Å². The summed E-state index contributed by atoms with van der Waals surface area (Å²) in [5.74, 6) is 0. The number of rotatable bonds is 5. The molecule has 0 radical (unpaired) electrons. The number of nitro benzene ring substituents is 1. The molecule has 1 aromatic carbocycles. The van der Waals surface area contributed by atoms with Gasteiger partial charge in [-0.3, -0.25) is 10.1 Å².